The lowest BCUT2D eigenvalue weighted by molar-refractivity contribution is -0.891. The number of quaternary nitrogens is 1. The van der Waals surface area contributed by atoms with E-state index in [0.29, 0.717) is 11.8 Å². The third kappa shape index (κ3) is 5.46. The van der Waals surface area contributed by atoms with Gasteiger partial charge < -0.3 is 20.0 Å². The highest BCUT2D eigenvalue weighted by Crippen LogP contribution is 2.34. The zero-order valence-electron chi connectivity index (χ0n) is 15.2. The fraction of sp³-hybridized carbons (Fsp3) is 0.353. The van der Waals surface area contributed by atoms with E-state index in [9.17, 15) is 28.1 Å². The van der Waals surface area contributed by atoms with Crippen LogP contribution >= 0.6 is 0 Å². The van der Waals surface area contributed by atoms with Gasteiger partial charge in [0.2, 0.25) is 5.91 Å². The van der Waals surface area contributed by atoms with Gasteiger partial charge in [0, 0.05) is 6.07 Å². The molecule has 8 nitrogen and oxygen atoms in total. The van der Waals surface area contributed by atoms with Crippen LogP contribution in [0.15, 0.2) is 41.0 Å². The first-order valence-electron chi connectivity index (χ1n) is 8.29. The van der Waals surface area contributed by atoms with Gasteiger partial charge >= 0.3 is 6.18 Å². The highest BCUT2D eigenvalue weighted by Gasteiger charge is 2.33. The molecule has 1 atom stereocenters. The molecule has 0 aliphatic carbocycles. The number of amides is 1. The highest BCUT2D eigenvalue weighted by atomic mass is 19.4. The summed E-state index contributed by atoms with van der Waals surface area (Å²) in [6.07, 6.45) is -3.17. The van der Waals surface area contributed by atoms with Crippen LogP contribution in [0.3, 0.4) is 0 Å². The van der Waals surface area contributed by atoms with Crippen molar-refractivity contribution in [1.82, 2.24) is 5.32 Å². The van der Waals surface area contributed by atoms with Gasteiger partial charge in [-0.1, -0.05) is 0 Å². The number of benzene rings is 1. The number of nitro groups is 1. The third-order valence-corrected chi connectivity index (χ3v) is 4.05. The molecule has 2 aromatic rings. The van der Waals surface area contributed by atoms with Crippen molar-refractivity contribution in [3.63, 3.8) is 0 Å². The second kappa shape index (κ2) is 8.74. The molecular formula is C17H20F3N4O4+. The first-order valence-corrected chi connectivity index (χ1v) is 8.29. The number of alkyl halides is 3. The van der Waals surface area contributed by atoms with Gasteiger partial charge in [-0.15, -0.1) is 0 Å². The van der Waals surface area contributed by atoms with E-state index < -0.39 is 28.3 Å². The summed E-state index contributed by atoms with van der Waals surface area (Å²) in [5.74, 6) is 0.221. The van der Waals surface area contributed by atoms with Gasteiger partial charge in [-0.25, -0.2) is 0 Å². The Bertz CT molecular complexity index is 822. The lowest BCUT2D eigenvalue weighted by atomic mass is 10.1. The van der Waals surface area contributed by atoms with Gasteiger partial charge in [0.25, 0.3) is 5.69 Å². The minimum Gasteiger partial charge on any atom is -0.463 e. The maximum Gasteiger partial charge on any atom is 0.416 e. The molecule has 152 valence electrons. The molecule has 1 aromatic carbocycles. The topological polar surface area (TPSA) is 102 Å². The number of anilines is 1. The average Bonchev–Trinajstić information content (AvgIpc) is 3.13. The van der Waals surface area contributed by atoms with Crippen LogP contribution in [0.5, 0.6) is 0 Å². The molecule has 1 amide bonds. The van der Waals surface area contributed by atoms with Crippen LogP contribution in [0, 0.1) is 10.1 Å². The number of nitrogens with zero attached hydrogens (tertiary/aromatic N) is 1. The predicted molar refractivity (Wildman–Crippen MR) is 93.9 cm³/mol. The van der Waals surface area contributed by atoms with Crippen molar-refractivity contribution in [1.29, 1.82) is 0 Å². The molecule has 0 aliphatic rings. The van der Waals surface area contributed by atoms with Gasteiger partial charge in [-0.3, -0.25) is 14.9 Å². The normalized spacial score (nSPS) is 12.6. The number of halogens is 3. The lowest BCUT2D eigenvalue weighted by Gasteiger charge is -2.20. The fourth-order valence-corrected chi connectivity index (χ4v) is 2.54. The monoisotopic (exact) mass is 401 g/mol. The quantitative estimate of drug-likeness (QED) is 0.461. The molecule has 0 aliphatic heterocycles. The molecule has 0 unspecified atom stereocenters. The van der Waals surface area contributed by atoms with Crippen molar-refractivity contribution in [3.8, 4) is 0 Å². The Kier molecular flexibility index (Phi) is 6.62. The SMILES string of the molecule is C[NH+](C)[C@@H](CNC(=O)CNc1ccc(C(F)(F)F)cc1[N+](=O)[O-])c1ccco1. The molecular weight excluding hydrogens is 381 g/mol. The molecule has 0 saturated heterocycles. The fourth-order valence-electron chi connectivity index (χ4n) is 2.54. The molecule has 3 N–H and O–H groups in total. The first kappa shape index (κ1) is 21.2. The Morgan fingerprint density at radius 3 is 2.57 bits per heavy atom. The molecule has 2 rings (SSSR count). The van der Waals surface area contributed by atoms with Crippen molar-refractivity contribution < 1.29 is 32.2 Å². The molecule has 0 radical (unpaired) electrons. The number of carbonyl (C=O) groups excluding carboxylic acids is 1. The van der Waals surface area contributed by atoms with Crippen molar-refractivity contribution in [2.24, 2.45) is 0 Å². The zero-order chi connectivity index (χ0) is 20.9. The van der Waals surface area contributed by atoms with E-state index in [1.54, 1.807) is 12.1 Å². The number of nitro benzene ring substituents is 1. The van der Waals surface area contributed by atoms with E-state index in [0.717, 1.165) is 17.0 Å². The highest BCUT2D eigenvalue weighted by molar-refractivity contribution is 5.81. The predicted octanol–water partition coefficient (Wildman–Crippen LogP) is 1.62. The van der Waals surface area contributed by atoms with Gasteiger partial charge in [-0.2, -0.15) is 13.2 Å². The summed E-state index contributed by atoms with van der Waals surface area (Å²) in [7, 11) is 3.78. The summed E-state index contributed by atoms with van der Waals surface area (Å²) < 4.78 is 43.5. The number of hydrogen-bond acceptors (Lipinski definition) is 5. The van der Waals surface area contributed by atoms with Crippen LogP contribution in [0.1, 0.15) is 17.4 Å². The minimum absolute atomic E-state index is 0.139. The number of likely N-dealkylation sites (N-methyl/N-ethyl adjacent to an activating group) is 1. The molecule has 11 heteroatoms. The van der Waals surface area contributed by atoms with Crippen LogP contribution in [-0.2, 0) is 11.0 Å². The van der Waals surface area contributed by atoms with E-state index >= 15 is 0 Å². The van der Waals surface area contributed by atoms with Gasteiger partial charge in [0.05, 0.1) is 43.9 Å². The lowest BCUT2D eigenvalue weighted by Crippen LogP contribution is -3.07. The Hall–Kier alpha value is -3.08. The second-order valence-corrected chi connectivity index (χ2v) is 6.29. The average molecular weight is 401 g/mol. The van der Waals surface area contributed by atoms with Crippen molar-refractivity contribution in [3.05, 3.63) is 58.0 Å². The molecule has 28 heavy (non-hydrogen) atoms. The molecule has 0 bridgehead atoms. The summed E-state index contributed by atoms with van der Waals surface area (Å²) >= 11 is 0. The van der Waals surface area contributed by atoms with Crippen LogP contribution in [-0.4, -0.2) is 38.0 Å². The van der Waals surface area contributed by atoms with Gasteiger partial charge in [-0.05, 0) is 24.3 Å². The van der Waals surface area contributed by atoms with Crippen LogP contribution in [0.2, 0.25) is 0 Å². The number of furan rings is 1. The first-order chi connectivity index (χ1) is 13.1. The van der Waals surface area contributed by atoms with E-state index in [1.807, 2.05) is 14.1 Å². The van der Waals surface area contributed by atoms with Crippen molar-refractivity contribution in [2.45, 2.75) is 12.2 Å². The van der Waals surface area contributed by atoms with Gasteiger partial charge in [0.1, 0.15) is 5.69 Å². The summed E-state index contributed by atoms with van der Waals surface area (Å²) in [5, 5.41) is 16.2. The maximum atomic E-state index is 12.7. The van der Waals surface area contributed by atoms with E-state index in [2.05, 4.69) is 10.6 Å². The Labute approximate surface area is 158 Å². The smallest absolute Gasteiger partial charge is 0.416 e. The summed E-state index contributed by atoms with van der Waals surface area (Å²) in [5.41, 5.74) is -2.06. The van der Waals surface area contributed by atoms with Crippen LogP contribution in [0.4, 0.5) is 24.5 Å². The molecule has 0 fully saturated rings. The Morgan fingerprint density at radius 1 is 1.32 bits per heavy atom. The second-order valence-electron chi connectivity index (χ2n) is 6.29. The summed E-state index contributed by atoms with van der Waals surface area (Å²) in [6.45, 7) is -0.0781. The third-order valence-electron chi connectivity index (χ3n) is 4.05. The summed E-state index contributed by atoms with van der Waals surface area (Å²) in [4.78, 5) is 23.2. The standard InChI is InChI=1S/C17H19F3N4O4/c1-23(2)14(15-4-3-7-28-15)9-22-16(25)10-21-12-6-5-11(17(18,19)20)8-13(12)24(26)27/h3-8,14,21H,9-10H2,1-2H3,(H,22,25)/p+1/t14-/m0/s1. The number of carbonyl (C=O) groups is 1. The summed E-state index contributed by atoms with van der Waals surface area (Å²) in [6, 6.07) is 5.47. The van der Waals surface area contributed by atoms with Crippen LogP contribution in [0.25, 0.3) is 0 Å². The number of hydrogen-bond donors (Lipinski definition) is 3. The number of nitrogens with one attached hydrogen (secondary N) is 3. The Balaban J connectivity index is 1.99. The van der Waals surface area contributed by atoms with E-state index in [-0.39, 0.29) is 24.8 Å². The van der Waals surface area contributed by atoms with E-state index in [4.69, 9.17) is 4.42 Å². The van der Waals surface area contributed by atoms with Crippen LogP contribution < -0.4 is 15.5 Å². The minimum atomic E-state index is -4.70. The van der Waals surface area contributed by atoms with Gasteiger partial charge in [0.15, 0.2) is 11.8 Å². The van der Waals surface area contributed by atoms with Crippen molar-refractivity contribution in [2.75, 3.05) is 32.5 Å². The molecule has 1 aromatic heterocycles. The zero-order valence-corrected chi connectivity index (χ0v) is 15.2. The maximum absolute atomic E-state index is 12.7. The molecule has 0 spiro atoms. The van der Waals surface area contributed by atoms with E-state index in [1.165, 1.54) is 6.26 Å². The molecule has 0 saturated carbocycles. The molecule has 1 heterocycles. The largest absolute Gasteiger partial charge is 0.463 e. The Morgan fingerprint density at radius 2 is 2.04 bits per heavy atom. The number of rotatable bonds is 8. The van der Waals surface area contributed by atoms with Crippen molar-refractivity contribution >= 4 is 17.3 Å².